The molecule has 88 valence electrons. The Kier molecular flexibility index (Phi) is 2.27. The summed E-state index contributed by atoms with van der Waals surface area (Å²) in [5.74, 6) is 0. The van der Waals surface area contributed by atoms with Crippen LogP contribution in [0.15, 0.2) is 48.5 Å². The van der Waals surface area contributed by atoms with Gasteiger partial charge in [-0.3, -0.25) is 10.1 Å². The number of rotatable bonds is 1. The molecule has 0 amide bonds. The fourth-order valence-corrected chi connectivity index (χ4v) is 2.35. The van der Waals surface area contributed by atoms with Crippen molar-refractivity contribution >= 4 is 27.2 Å². The summed E-state index contributed by atoms with van der Waals surface area (Å²) in [7, 11) is 0. The van der Waals surface area contributed by atoms with E-state index < -0.39 is 0 Å². The van der Waals surface area contributed by atoms with E-state index in [0.29, 0.717) is 10.8 Å². The Morgan fingerprint density at radius 3 is 2.44 bits per heavy atom. The number of benzene rings is 3. The van der Waals surface area contributed by atoms with Gasteiger partial charge in [0.15, 0.2) is 0 Å². The van der Waals surface area contributed by atoms with Gasteiger partial charge in [0.2, 0.25) is 0 Å². The Hall–Kier alpha value is -2.42. The predicted molar refractivity (Wildman–Crippen MR) is 72.8 cm³/mol. The molecule has 18 heavy (non-hydrogen) atoms. The van der Waals surface area contributed by atoms with Crippen LogP contribution in [-0.4, -0.2) is 4.92 Å². The van der Waals surface area contributed by atoms with E-state index in [1.165, 1.54) is 0 Å². The van der Waals surface area contributed by atoms with E-state index in [-0.39, 0.29) is 10.6 Å². The molecule has 0 heterocycles. The van der Waals surface area contributed by atoms with E-state index in [1.807, 2.05) is 49.4 Å². The van der Waals surface area contributed by atoms with Crippen molar-refractivity contribution in [3.05, 3.63) is 64.2 Å². The van der Waals surface area contributed by atoms with Crippen LogP contribution in [0.5, 0.6) is 0 Å². The van der Waals surface area contributed by atoms with Gasteiger partial charge < -0.3 is 0 Å². The van der Waals surface area contributed by atoms with Crippen molar-refractivity contribution in [1.82, 2.24) is 0 Å². The molecule has 0 saturated heterocycles. The zero-order chi connectivity index (χ0) is 12.7. The molecule has 3 nitrogen and oxygen atoms in total. The first kappa shape index (κ1) is 10.7. The minimum absolute atomic E-state index is 0.201. The molecule has 0 aliphatic carbocycles. The van der Waals surface area contributed by atoms with Gasteiger partial charge in [0.05, 0.1) is 15.7 Å². The molecule has 3 aromatic carbocycles. The quantitative estimate of drug-likeness (QED) is 0.361. The molecule has 0 aliphatic rings. The Balaban J connectivity index is 2.59. The SMILES string of the molecule is Cc1ccc2cc3ccccc3c([N+](=O)[O-])c2c1. The van der Waals surface area contributed by atoms with Crippen LogP contribution in [0.3, 0.4) is 0 Å². The Morgan fingerprint density at radius 2 is 1.67 bits per heavy atom. The third-order valence-electron chi connectivity index (χ3n) is 3.17. The second-order valence-electron chi connectivity index (χ2n) is 4.43. The lowest BCUT2D eigenvalue weighted by molar-refractivity contribution is -0.381. The van der Waals surface area contributed by atoms with Crippen molar-refractivity contribution < 1.29 is 4.92 Å². The van der Waals surface area contributed by atoms with Gasteiger partial charge in [-0.15, -0.1) is 0 Å². The molecule has 0 atom stereocenters. The highest BCUT2D eigenvalue weighted by Crippen LogP contribution is 2.34. The monoisotopic (exact) mass is 237 g/mol. The van der Waals surface area contributed by atoms with E-state index in [9.17, 15) is 10.1 Å². The normalized spacial score (nSPS) is 10.9. The summed E-state index contributed by atoms with van der Waals surface area (Å²) in [6.45, 7) is 1.94. The van der Waals surface area contributed by atoms with Gasteiger partial charge in [-0.05, 0) is 35.9 Å². The number of fused-ring (bicyclic) bond motifs is 2. The number of nitro groups is 1. The maximum absolute atomic E-state index is 11.3. The van der Waals surface area contributed by atoms with Gasteiger partial charge in [-0.25, -0.2) is 0 Å². The number of non-ortho nitro benzene ring substituents is 1. The summed E-state index contributed by atoms with van der Waals surface area (Å²) >= 11 is 0. The summed E-state index contributed by atoms with van der Waals surface area (Å²) < 4.78 is 0. The minimum atomic E-state index is -0.288. The fourth-order valence-electron chi connectivity index (χ4n) is 2.35. The van der Waals surface area contributed by atoms with Crippen molar-refractivity contribution in [2.45, 2.75) is 6.92 Å². The van der Waals surface area contributed by atoms with Crippen LogP contribution in [0, 0.1) is 17.0 Å². The Morgan fingerprint density at radius 1 is 0.944 bits per heavy atom. The topological polar surface area (TPSA) is 43.1 Å². The molecule has 0 bridgehead atoms. The number of nitrogens with zero attached hydrogens (tertiary/aromatic N) is 1. The molecular weight excluding hydrogens is 226 g/mol. The molecule has 3 heteroatoms. The molecule has 0 aliphatic heterocycles. The van der Waals surface area contributed by atoms with Crippen LogP contribution < -0.4 is 0 Å². The number of aryl methyl sites for hydroxylation is 1. The van der Waals surface area contributed by atoms with Gasteiger partial charge in [-0.2, -0.15) is 0 Å². The van der Waals surface area contributed by atoms with E-state index in [1.54, 1.807) is 6.07 Å². The molecule has 0 aromatic heterocycles. The smallest absolute Gasteiger partial charge is 0.258 e. The number of nitro benzene ring substituents is 1. The predicted octanol–water partition coefficient (Wildman–Crippen LogP) is 4.21. The van der Waals surface area contributed by atoms with E-state index in [2.05, 4.69) is 0 Å². The van der Waals surface area contributed by atoms with Crippen LogP contribution in [-0.2, 0) is 0 Å². The lowest BCUT2D eigenvalue weighted by Gasteiger charge is -2.05. The van der Waals surface area contributed by atoms with Crippen molar-refractivity contribution in [3.8, 4) is 0 Å². The van der Waals surface area contributed by atoms with E-state index >= 15 is 0 Å². The number of hydrogen-bond donors (Lipinski definition) is 0. The molecule has 3 aromatic rings. The van der Waals surface area contributed by atoms with Crippen LogP contribution >= 0.6 is 0 Å². The van der Waals surface area contributed by atoms with Crippen LogP contribution in [0.2, 0.25) is 0 Å². The zero-order valence-corrected chi connectivity index (χ0v) is 9.88. The van der Waals surface area contributed by atoms with Crippen LogP contribution in [0.1, 0.15) is 5.56 Å². The molecule has 0 saturated carbocycles. The summed E-state index contributed by atoms with van der Waals surface area (Å²) in [5.41, 5.74) is 1.23. The van der Waals surface area contributed by atoms with Gasteiger partial charge in [0.25, 0.3) is 5.69 Å². The second-order valence-corrected chi connectivity index (χ2v) is 4.43. The first-order chi connectivity index (χ1) is 8.66. The Labute approximate surface area is 104 Å². The third-order valence-corrected chi connectivity index (χ3v) is 3.17. The maximum atomic E-state index is 11.3. The summed E-state index contributed by atoms with van der Waals surface area (Å²) in [6.07, 6.45) is 0. The first-order valence-corrected chi connectivity index (χ1v) is 5.73. The van der Waals surface area contributed by atoms with E-state index in [0.717, 1.165) is 16.3 Å². The molecule has 0 spiro atoms. The summed E-state index contributed by atoms with van der Waals surface area (Å²) in [5, 5.41) is 14.6. The average Bonchev–Trinajstić information content (AvgIpc) is 2.35. The molecule has 0 radical (unpaired) electrons. The summed E-state index contributed by atoms with van der Waals surface area (Å²) in [4.78, 5) is 11.1. The second kappa shape index (κ2) is 3.81. The number of hydrogen-bond acceptors (Lipinski definition) is 2. The lowest BCUT2D eigenvalue weighted by Crippen LogP contribution is -1.92. The largest absolute Gasteiger partial charge is 0.284 e. The van der Waals surface area contributed by atoms with Gasteiger partial charge in [0.1, 0.15) is 0 Å². The summed E-state index contributed by atoms with van der Waals surface area (Å²) in [6, 6.07) is 15.2. The van der Waals surface area contributed by atoms with E-state index in [4.69, 9.17) is 0 Å². The minimum Gasteiger partial charge on any atom is -0.258 e. The molecule has 0 N–H and O–H groups in total. The van der Waals surface area contributed by atoms with Gasteiger partial charge >= 0.3 is 0 Å². The molecule has 3 rings (SSSR count). The lowest BCUT2D eigenvalue weighted by atomic mass is 10.00. The highest BCUT2D eigenvalue weighted by Gasteiger charge is 2.16. The first-order valence-electron chi connectivity index (χ1n) is 5.73. The van der Waals surface area contributed by atoms with Crippen LogP contribution in [0.25, 0.3) is 21.5 Å². The standard InChI is InChI=1S/C15H11NO2/c1-10-6-7-12-9-11-4-2-3-5-13(11)15(16(17)18)14(12)8-10/h2-9H,1H3. The Bertz CT molecular complexity index is 778. The highest BCUT2D eigenvalue weighted by molar-refractivity contribution is 6.08. The highest BCUT2D eigenvalue weighted by atomic mass is 16.6. The van der Waals surface area contributed by atoms with Gasteiger partial charge in [-0.1, -0.05) is 35.9 Å². The van der Waals surface area contributed by atoms with Crippen LogP contribution in [0.4, 0.5) is 5.69 Å². The molecule has 0 unspecified atom stereocenters. The third kappa shape index (κ3) is 1.52. The zero-order valence-electron chi connectivity index (χ0n) is 9.88. The average molecular weight is 237 g/mol. The fraction of sp³-hybridized carbons (Fsp3) is 0.0667. The maximum Gasteiger partial charge on any atom is 0.284 e. The van der Waals surface area contributed by atoms with Crippen molar-refractivity contribution in [3.63, 3.8) is 0 Å². The molecule has 0 fully saturated rings. The molecular formula is C15H11NO2. The van der Waals surface area contributed by atoms with Crippen molar-refractivity contribution in [2.75, 3.05) is 0 Å². The van der Waals surface area contributed by atoms with Crippen molar-refractivity contribution in [1.29, 1.82) is 0 Å². The van der Waals surface area contributed by atoms with Gasteiger partial charge in [0, 0.05) is 0 Å². The van der Waals surface area contributed by atoms with Crippen molar-refractivity contribution in [2.24, 2.45) is 0 Å².